The van der Waals surface area contributed by atoms with Crippen molar-refractivity contribution in [2.75, 3.05) is 24.2 Å². The average molecular weight is 393 g/mol. The minimum Gasteiger partial charge on any atom is -0.383 e. The van der Waals surface area contributed by atoms with Gasteiger partial charge in [0.1, 0.15) is 5.82 Å². The number of benzene rings is 2. The highest BCUT2D eigenvalue weighted by atomic mass is 35.5. The van der Waals surface area contributed by atoms with E-state index in [9.17, 15) is 0 Å². The van der Waals surface area contributed by atoms with E-state index in [4.69, 9.17) is 27.4 Å². The highest BCUT2D eigenvalue weighted by Crippen LogP contribution is 2.34. The third-order valence-corrected chi connectivity index (χ3v) is 4.95. The summed E-state index contributed by atoms with van der Waals surface area (Å²) in [6.07, 6.45) is 0. The molecule has 0 radical (unpaired) electrons. The molecule has 7 heteroatoms. The van der Waals surface area contributed by atoms with Gasteiger partial charge in [0.15, 0.2) is 5.65 Å². The van der Waals surface area contributed by atoms with Crippen LogP contribution in [0.1, 0.15) is 12.5 Å². The van der Waals surface area contributed by atoms with Crippen molar-refractivity contribution in [2.45, 2.75) is 13.8 Å². The molecule has 0 fully saturated rings. The van der Waals surface area contributed by atoms with Gasteiger partial charge >= 0.3 is 0 Å². The molecule has 6 nitrogen and oxygen atoms in total. The monoisotopic (exact) mass is 392 g/mol. The van der Waals surface area contributed by atoms with Crippen molar-refractivity contribution >= 4 is 34.4 Å². The van der Waals surface area contributed by atoms with E-state index in [2.05, 4.69) is 4.98 Å². The van der Waals surface area contributed by atoms with Crippen molar-refractivity contribution in [3.8, 4) is 16.9 Å². The number of hydrogen-bond acceptors (Lipinski definition) is 5. The smallest absolute Gasteiger partial charge is 0.227 e. The van der Waals surface area contributed by atoms with Gasteiger partial charge in [-0.2, -0.15) is 4.98 Å². The van der Waals surface area contributed by atoms with Crippen LogP contribution in [-0.4, -0.2) is 33.3 Å². The summed E-state index contributed by atoms with van der Waals surface area (Å²) in [4.78, 5) is 11.4. The molecule has 2 heterocycles. The van der Waals surface area contributed by atoms with Crippen LogP contribution in [0.3, 0.4) is 0 Å². The maximum absolute atomic E-state index is 6.53. The first-order valence-electron chi connectivity index (χ1n) is 9.08. The molecule has 0 bridgehead atoms. The summed E-state index contributed by atoms with van der Waals surface area (Å²) in [5, 5.41) is 6.05. The fraction of sp³-hybridized carbons (Fsp3) is 0.190. The summed E-state index contributed by atoms with van der Waals surface area (Å²) >= 11 is 6.23. The normalized spacial score (nSPS) is 11.1. The average Bonchev–Trinajstić information content (AvgIpc) is 3.03. The first-order chi connectivity index (χ1) is 13.5. The quantitative estimate of drug-likeness (QED) is 0.554. The lowest BCUT2D eigenvalue weighted by atomic mass is 10.1. The molecule has 28 heavy (non-hydrogen) atoms. The molecule has 0 saturated heterocycles. The van der Waals surface area contributed by atoms with Crippen molar-refractivity contribution in [1.82, 2.24) is 19.7 Å². The Morgan fingerprint density at radius 2 is 1.89 bits per heavy atom. The fourth-order valence-corrected chi connectivity index (χ4v) is 3.30. The third kappa shape index (κ3) is 3.16. The summed E-state index contributed by atoms with van der Waals surface area (Å²) in [5.74, 6) is 1.10. The first kappa shape index (κ1) is 18.3. The van der Waals surface area contributed by atoms with E-state index in [1.54, 1.807) is 4.68 Å². The summed E-state index contributed by atoms with van der Waals surface area (Å²) in [7, 11) is 1.95. The first-order valence-corrected chi connectivity index (χ1v) is 9.46. The lowest BCUT2D eigenvalue weighted by Gasteiger charge is -2.15. The molecule has 0 atom stereocenters. The van der Waals surface area contributed by atoms with E-state index >= 15 is 0 Å². The van der Waals surface area contributed by atoms with Crippen molar-refractivity contribution < 1.29 is 0 Å². The number of rotatable bonds is 4. The summed E-state index contributed by atoms with van der Waals surface area (Å²) < 4.78 is 1.72. The minimum atomic E-state index is 0.501. The number of hydrogen-bond donors (Lipinski definition) is 1. The Bertz CT molecular complexity index is 1170. The molecule has 2 aromatic carbocycles. The van der Waals surface area contributed by atoms with Gasteiger partial charge in [0.2, 0.25) is 5.95 Å². The Kier molecular flexibility index (Phi) is 4.65. The van der Waals surface area contributed by atoms with Crippen LogP contribution in [0.15, 0.2) is 48.5 Å². The van der Waals surface area contributed by atoms with Gasteiger partial charge in [0.25, 0.3) is 0 Å². The highest BCUT2D eigenvalue weighted by Gasteiger charge is 2.20. The van der Waals surface area contributed by atoms with E-state index in [-0.39, 0.29) is 0 Å². The number of fused-ring (bicyclic) bond motifs is 1. The number of aryl methyl sites for hydroxylation is 1. The zero-order chi connectivity index (χ0) is 19.8. The van der Waals surface area contributed by atoms with Crippen molar-refractivity contribution in [1.29, 1.82) is 0 Å². The zero-order valence-corrected chi connectivity index (χ0v) is 16.8. The van der Waals surface area contributed by atoms with Crippen molar-refractivity contribution in [2.24, 2.45) is 0 Å². The van der Waals surface area contributed by atoms with Gasteiger partial charge in [-0.05, 0) is 43.7 Å². The molecule has 0 saturated carbocycles. The molecule has 4 rings (SSSR count). The third-order valence-electron chi connectivity index (χ3n) is 4.72. The Morgan fingerprint density at radius 1 is 1.11 bits per heavy atom. The molecule has 2 aromatic heterocycles. The fourth-order valence-electron chi connectivity index (χ4n) is 3.11. The van der Waals surface area contributed by atoms with Crippen molar-refractivity contribution in [3.05, 3.63) is 59.1 Å². The van der Waals surface area contributed by atoms with Gasteiger partial charge in [0.05, 0.1) is 16.8 Å². The van der Waals surface area contributed by atoms with E-state index < -0.39 is 0 Å². The van der Waals surface area contributed by atoms with Crippen molar-refractivity contribution in [3.63, 3.8) is 0 Å². The second-order valence-electron chi connectivity index (χ2n) is 6.73. The van der Waals surface area contributed by atoms with E-state index in [0.29, 0.717) is 22.4 Å². The molecule has 2 N–H and O–H groups in total. The molecule has 0 amide bonds. The molecular weight excluding hydrogens is 372 g/mol. The Morgan fingerprint density at radius 3 is 2.61 bits per heavy atom. The minimum absolute atomic E-state index is 0.501. The zero-order valence-electron chi connectivity index (χ0n) is 16.0. The van der Waals surface area contributed by atoms with E-state index in [0.717, 1.165) is 34.4 Å². The number of nitrogen functional groups attached to an aromatic ring is 1. The number of anilines is 2. The van der Waals surface area contributed by atoms with Crippen LogP contribution >= 0.6 is 11.6 Å². The number of nitrogens with two attached hydrogens (primary N) is 1. The topological polar surface area (TPSA) is 72.9 Å². The molecular formula is C21H21ClN6. The predicted octanol–water partition coefficient (Wildman–Crippen LogP) is 4.48. The summed E-state index contributed by atoms with van der Waals surface area (Å²) in [6.45, 7) is 4.86. The van der Waals surface area contributed by atoms with Gasteiger partial charge in [-0.15, -0.1) is 5.10 Å². The SMILES string of the molecule is CCN(C)c1nc(-c2cccc(Cl)c2)c2c(N)n(-c3cccc(C)c3)nc2n1. The Hall–Kier alpha value is -3.12. The van der Waals surface area contributed by atoms with Crippen LogP contribution in [0.4, 0.5) is 11.8 Å². The lowest BCUT2D eigenvalue weighted by Crippen LogP contribution is -2.19. The number of nitrogens with zero attached hydrogens (tertiary/aromatic N) is 5. The van der Waals surface area contributed by atoms with Crippen LogP contribution in [0.2, 0.25) is 5.02 Å². The number of aromatic nitrogens is 4. The van der Waals surface area contributed by atoms with E-state index in [1.807, 2.05) is 74.3 Å². The molecule has 0 unspecified atom stereocenters. The number of halogens is 1. The predicted molar refractivity (Wildman–Crippen MR) is 115 cm³/mol. The van der Waals surface area contributed by atoms with Crippen LogP contribution in [-0.2, 0) is 0 Å². The maximum atomic E-state index is 6.53. The van der Waals surface area contributed by atoms with Gasteiger partial charge in [-0.25, -0.2) is 9.67 Å². The standard InChI is InChI=1S/C21H21ClN6/c1-4-27(3)21-24-18(14-8-6-9-15(22)12-14)17-19(23)28(26-20(17)25-21)16-10-5-7-13(2)11-16/h5-12H,4,23H2,1-3H3. The highest BCUT2D eigenvalue weighted by molar-refractivity contribution is 6.30. The Labute approximate surface area is 168 Å². The second kappa shape index (κ2) is 7.13. The summed E-state index contributed by atoms with van der Waals surface area (Å²) in [6, 6.07) is 15.6. The summed E-state index contributed by atoms with van der Waals surface area (Å²) in [5.41, 5.74) is 10.7. The Balaban J connectivity index is 2.03. The maximum Gasteiger partial charge on any atom is 0.227 e. The van der Waals surface area contributed by atoms with Gasteiger partial charge < -0.3 is 10.6 Å². The lowest BCUT2D eigenvalue weighted by molar-refractivity contribution is 0.884. The van der Waals surface area contributed by atoms with E-state index in [1.165, 1.54) is 0 Å². The van der Waals surface area contributed by atoms with Gasteiger partial charge in [-0.3, -0.25) is 0 Å². The van der Waals surface area contributed by atoms with Crippen LogP contribution in [0.25, 0.3) is 28.0 Å². The molecule has 142 valence electrons. The molecule has 0 spiro atoms. The van der Waals surface area contributed by atoms with Crippen LogP contribution < -0.4 is 10.6 Å². The largest absolute Gasteiger partial charge is 0.383 e. The molecule has 0 aliphatic rings. The van der Waals surface area contributed by atoms with Gasteiger partial charge in [-0.1, -0.05) is 35.9 Å². The van der Waals surface area contributed by atoms with Gasteiger partial charge in [0, 0.05) is 24.2 Å². The van der Waals surface area contributed by atoms with Crippen LogP contribution in [0.5, 0.6) is 0 Å². The molecule has 0 aliphatic heterocycles. The van der Waals surface area contributed by atoms with Crippen LogP contribution in [0, 0.1) is 6.92 Å². The second-order valence-corrected chi connectivity index (χ2v) is 7.17. The molecule has 4 aromatic rings. The molecule has 0 aliphatic carbocycles.